The SMILES string of the molecule is CS(=O)(=O)N1CCN(c2cc(Br)ccc2C=O)CC1. The number of sulfonamides is 1. The molecule has 0 saturated carbocycles. The fourth-order valence-electron chi connectivity index (χ4n) is 2.15. The van der Waals surface area contributed by atoms with E-state index in [1.165, 1.54) is 10.6 Å². The van der Waals surface area contributed by atoms with Gasteiger partial charge < -0.3 is 4.90 Å². The molecule has 1 heterocycles. The Bertz CT molecular complexity index is 581. The van der Waals surface area contributed by atoms with Gasteiger partial charge in [0.15, 0.2) is 6.29 Å². The third-order valence-corrected chi connectivity index (χ3v) is 4.96. The van der Waals surface area contributed by atoms with Crippen LogP contribution in [0, 0.1) is 0 Å². The average Bonchev–Trinajstić information content (AvgIpc) is 2.38. The molecule has 2 rings (SSSR count). The summed E-state index contributed by atoms with van der Waals surface area (Å²) in [5.41, 5.74) is 1.47. The van der Waals surface area contributed by atoms with Crippen LogP contribution in [0.1, 0.15) is 10.4 Å². The molecule has 0 N–H and O–H groups in total. The van der Waals surface area contributed by atoms with Gasteiger partial charge in [-0.05, 0) is 18.2 Å². The summed E-state index contributed by atoms with van der Waals surface area (Å²) in [6, 6.07) is 5.47. The van der Waals surface area contributed by atoms with Crippen molar-refractivity contribution in [1.29, 1.82) is 0 Å². The Morgan fingerprint density at radius 2 is 1.84 bits per heavy atom. The van der Waals surface area contributed by atoms with Gasteiger partial charge in [-0.2, -0.15) is 4.31 Å². The van der Waals surface area contributed by atoms with Crippen molar-refractivity contribution in [3.05, 3.63) is 28.2 Å². The van der Waals surface area contributed by atoms with E-state index >= 15 is 0 Å². The molecule has 1 saturated heterocycles. The van der Waals surface area contributed by atoms with Gasteiger partial charge in [-0.1, -0.05) is 15.9 Å². The summed E-state index contributed by atoms with van der Waals surface area (Å²) in [5, 5.41) is 0. The lowest BCUT2D eigenvalue weighted by Gasteiger charge is -2.35. The van der Waals surface area contributed by atoms with Gasteiger partial charge in [-0.3, -0.25) is 4.79 Å². The van der Waals surface area contributed by atoms with E-state index in [2.05, 4.69) is 15.9 Å². The molecule has 5 nitrogen and oxygen atoms in total. The minimum atomic E-state index is -3.13. The maximum atomic E-state index is 11.5. The van der Waals surface area contributed by atoms with Gasteiger partial charge in [0.25, 0.3) is 0 Å². The van der Waals surface area contributed by atoms with Gasteiger partial charge in [0.05, 0.1) is 6.26 Å². The second-order valence-electron chi connectivity index (χ2n) is 4.47. The first-order chi connectivity index (χ1) is 8.91. The molecule has 7 heteroatoms. The van der Waals surface area contributed by atoms with Gasteiger partial charge in [0.2, 0.25) is 10.0 Å². The molecule has 104 valence electrons. The molecule has 1 aliphatic heterocycles. The first-order valence-electron chi connectivity index (χ1n) is 5.86. The van der Waals surface area contributed by atoms with Crippen LogP contribution in [0.2, 0.25) is 0 Å². The Kier molecular flexibility index (Phi) is 4.27. The van der Waals surface area contributed by atoms with E-state index in [9.17, 15) is 13.2 Å². The molecule has 1 aliphatic rings. The van der Waals surface area contributed by atoms with Gasteiger partial charge >= 0.3 is 0 Å². The highest BCUT2D eigenvalue weighted by atomic mass is 79.9. The second kappa shape index (κ2) is 5.60. The van der Waals surface area contributed by atoms with Crippen LogP contribution in [0.5, 0.6) is 0 Å². The predicted molar refractivity (Wildman–Crippen MR) is 78.2 cm³/mol. The predicted octanol–water partition coefficient (Wildman–Crippen LogP) is 1.34. The Hall–Kier alpha value is -0.920. The monoisotopic (exact) mass is 346 g/mol. The van der Waals surface area contributed by atoms with Gasteiger partial charge in [0, 0.05) is 41.9 Å². The van der Waals surface area contributed by atoms with Crippen LogP contribution in [0.15, 0.2) is 22.7 Å². The number of anilines is 1. The number of rotatable bonds is 3. The zero-order valence-electron chi connectivity index (χ0n) is 10.5. The van der Waals surface area contributed by atoms with E-state index in [1.54, 1.807) is 6.07 Å². The number of aldehydes is 1. The van der Waals surface area contributed by atoms with Crippen molar-refractivity contribution in [2.75, 3.05) is 37.3 Å². The summed E-state index contributed by atoms with van der Waals surface area (Å²) in [7, 11) is -3.13. The van der Waals surface area contributed by atoms with E-state index in [4.69, 9.17) is 0 Å². The molecule has 0 unspecified atom stereocenters. The molecule has 1 aromatic carbocycles. The van der Waals surface area contributed by atoms with Crippen molar-refractivity contribution < 1.29 is 13.2 Å². The molecule has 1 fully saturated rings. The quantitative estimate of drug-likeness (QED) is 0.775. The fraction of sp³-hybridized carbons (Fsp3) is 0.417. The first kappa shape index (κ1) is 14.5. The normalized spacial score (nSPS) is 17.5. The lowest BCUT2D eigenvalue weighted by molar-refractivity contribution is 0.112. The van der Waals surface area contributed by atoms with E-state index in [1.807, 2.05) is 17.0 Å². The fourth-order valence-corrected chi connectivity index (χ4v) is 3.33. The summed E-state index contributed by atoms with van der Waals surface area (Å²) >= 11 is 3.39. The molecule has 19 heavy (non-hydrogen) atoms. The van der Waals surface area contributed by atoms with Crippen molar-refractivity contribution in [2.45, 2.75) is 0 Å². The van der Waals surface area contributed by atoms with E-state index in [-0.39, 0.29) is 0 Å². The van der Waals surface area contributed by atoms with E-state index in [0.29, 0.717) is 31.7 Å². The van der Waals surface area contributed by atoms with E-state index in [0.717, 1.165) is 16.4 Å². The molecule has 0 amide bonds. The first-order valence-corrected chi connectivity index (χ1v) is 8.51. The number of hydrogen-bond acceptors (Lipinski definition) is 4. The number of piperazine rings is 1. The van der Waals surface area contributed by atoms with Crippen molar-refractivity contribution >= 4 is 37.9 Å². The van der Waals surface area contributed by atoms with Gasteiger partial charge in [-0.25, -0.2) is 8.42 Å². The lowest BCUT2D eigenvalue weighted by Crippen LogP contribution is -2.48. The highest BCUT2D eigenvalue weighted by Gasteiger charge is 2.24. The maximum Gasteiger partial charge on any atom is 0.211 e. The average molecular weight is 347 g/mol. The van der Waals surface area contributed by atoms with Crippen LogP contribution in [-0.2, 0) is 10.0 Å². The molecule has 0 bridgehead atoms. The molecule has 0 aromatic heterocycles. The van der Waals surface area contributed by atoms with Crippen LogP contribution in [0.25, 0.3) is 0 Å². The van der Waals surface area contributed by atoms with Gasteiger partial charge in [-0.15, -0.1) is 0 Å². The highest BCUT2D eigenvalue weighted by molar-refractivity contribution is 9.10. The van der Waals surface area contributed by atoms with Crippen LogP contribution in [0.4, 0.5) is 5.69 Å². The number of hydrogen-bond donors (Lipinski definition) is 0. The van der Waals surface area contributed by atoms with E-state index < -0.39 is 10.0 Å². The largest absolute Gasteiger partial charge is 0.368 e. The van der Waals surface area contributed by atoms with Gasteiger partial charge in [0.1, 0.15) is 0 Å². The summed E-state index contributed by atoms with van der Waals surface area (Å²) in [5.74, 6) is 0. The summed E-state index contributed by atoms with van der Waals surface area (Å²) in [6.45, 7) is 2.07. The Labute approximate surface area is 121 Å². The molecule has 0 radical (unpaired) electrons. The standard InChI is InChI=1S/C12H15BrN2O3S/c1-19(17,18)15-6-4-14(5-7-15)12-8-11(13)3-2-10(12)9-16/h2-3,8-9H,4-7H2,1H3. The van der Waals surface area contributed by atoms with Crippen LogP contribution in [-0.4, -0.2) is 51.4 Å². The molecule has 0 atom stereocenters. The van der Waals surface area contributed by atoms with Crippen LogP contribution < -0.4 is 4.90 Å². The summed E-state index contributed by atoms with van der Waals surface area (Å²) in [4.78, 5) is 13.1. The smallest absolute Gasteiger partial charge is 0.211 e. The number of benzene rings is 1. The zero-order valence-corrected chi connectivity index (χ0v) is 12.9. The van der Waals surface area contributed by atoms with Crippen molar-refractivity contribution in [2.24, 2.45) is 0 Å². The van der Waals surface area contributed by atoms with Crippen molar-refractivity contribution in [3.8, 4) is 0 Å². The third-order valence-electron chi connectivity index (χ3n) is 3.17. The molecule has 0 aliphatic carbocycles. The van der Waals surface area contributed by atoms with Crippen LogP contribution >= 0.6 is 15.9 Å². The Balaban J connectivity index is 2.18. The minimum Gasteiger partial charge on any atom is -0.368 e. The maximum absolute atomic E-state index is 11.5. The Morgan fingerprint density at radius 1 is 1.21 bits per heavy atom. The molecular formula is C12H15BrN2O3S. The zero-order chi connectivity index (χ0) is 14.0. The molecule has 1 aromatic rings. The van der Waals surface area contributed by atoms with Crippen LogP contribution in [0.3, 0.4) is 0 Å². The summed E-state index contributed by atoms with van der Waals surface area (Å²) < 4.78 is 25.3. The highest BCUT2D eigenvalue weighted by Crippen LogP contribution is 2.25. The minimum absolute atomic E-state index is 0.448. The summed E-state index contributed by atoms with van der Waals surface area (Å²) in [6.07, 6.45) is 2.04. The second-order valence-corrected chi connectivity index (χ2v) is 7.37. The van der Waals surface area contributed by atoms with Crippen molar-refractivity contribution in [1.82, 2.24) is 4.31 Å². The topological polar surface area (TPSA) is 57.7 Å². The number of carbonyl (C=O) groups is 1. The molecule has 0 spiro atoms. The Morgan fingerprint density at radius 3 is 2.37 bits per heavy atom. The lowest BCUT2D eigenvalue weighted by atomic mass is 10.1. The van der Waals surface area contributed by atoms with Crippen molar-refractivity contribution in [3.63, 3.8) is 0 Å². The molecular weight excluding hydrogens is 332 g/mol. The third kappa shape index (κ3) is 3.34. The number of carbonyl (C=O) groups excluding carboxylic acids is 1. The number of nitrogens with zero attached hydrogens (tertiary/aromatic N) is 2. The number of halogens is 1.